The van der Waals surface area contributed by atoms with Crippen molar-refractivity contribution in [3.05, 3.63) is 120 Å². The summed E-state index contributed by atoms with van der Waals surface area (Å²) in [5.74, 6) is 1.73. The molecule has 5 rings (SSSR count). The quantitative estimate of drug-likeness (QED) is 0.208. The van der Waals surface area contributed by atoms with Crippen LogP contribution in [0.1, 0.15) is 17.5 Å². The van der Waals surface area contributed by atoms with Crippen molar-refractivity contribution in [2.24, 2.45) is 4.99 Å². The molecule has 0 aliphatic carbocycles. The number of para-hydroxylation sites is 4. The molecule has 0 unspecified atom stereocenters. The van der Waals surface area contributed by atoms with Crippen molar-refractivity contribution in [3.63, 3.8) is 0 Å². The Bertz CT molecular complexity index is 1200. The largest absolute Gasteiger partial charge is 0.453 e. The van der Waals surface area contributed by atoms with Crippen molar-refractivity contribution in [3.8, 4) is 11.5 Å². The third-order valence-corrected chi connectivity index (χ3v) is 5.36. The molecule has 3 nitrogen and oxygen atoms in total. The highest BCUT2D eigenvalue weighted by Crippen LogP contribution is 2.49. The number of benzene rings is 4. The van der Waals surface area contributed by atoms with Crippen molar-refractivity contribution >= 4 is 29.4 Å². The predicted octanol–water partition coefficient (Wildman–Crippen LogP) is 7.78. The first-order valence-electron chi connectivity index (χ1n) is 10.9. The van der Waals surface area contributed by atoms with Gasteiger partial charge in [-0.25, -0.2) is 0 Å². The van der Waals surface area contributed by atoms with Gasteiger partial charge in [0.25, 0.3) is 0 Å². The molecule has 0 atom stereocenters. The van der Waals surface area contributed by atoms with E-state index in [1.54, 1.807) is 0 Å². The van der Waals surface area contributed by atoms with Crippen LogP contribution >= 0.6 is 0 Å². The van der Waals surface area contributed by atoms with Crippen LogP contribution in [0.2, 0.25) is 0 Å². The lowest BCUT2D eigenvalue weighted by atomic mass is 10.1. The van der Waals surface area contributed by atoms with Gasteiger partial charge in [-0.15, -0.1) is 0 Å². The maximum Gasteiger partial charge on any atom is 0.151 e. The highest BCUT2D eigenvalue weighted by atomic mass is 16.5. The van der Waals surface area contributed by atoms with E-state index in [1.807, 2.05) is 60.8 Å². The summed E-state index contributed by atoms with van der Waals surface area (Å²) in [6.45, 7) is 0.783. The van der Waals surface area contributed by atoms with Crippen LogP contribution in [0.3, 0.4) is 0 Å². The molecule has 0 saturated carbocycles. The van der Waals surface area contributed by atoms with Gasteiger partial charge in [0.05, 0.1) is 11.4 Å². The zero-order valence-electron chi connectivity index (χ0n) is 17.8. The Morgan fingerprint density at radius 1 is 0.656 bits per heavy atom. The Kier molecular flexibility index (Phi) is 5.80. The van der Waals surface area contributed by atoms with Crippen molar-refractivity contribution in [1.29, 1.82) is 0 Å². The zero-order valence-corrected chi connectivity index (χ0v) is 17.8. The van der Waals surface area contributed by atoms with Crippen LogP contribution in [0.15, 0.2) is 114 Å². The molecule has 0 spiro atoms. The maximum absolute atomic E-state index is 6.10. The maximum atomic E-state index is 6.10. The number of nitrogens with zero attached hydrogens (tertiary/aromatic N) is 2. The second-order valence-corrected chi connectivity index (χ2v) is 7.60. The summed E-state index contributed by atoms with van der Waals surface area (Å²) in [7, 11) is 0. The van der Waals surface area contributed by atoms with E-state index in [4.69, 9.17) is 4.74 Å². The topological polar surface area (TPSA) is 24.8 Å². The summed E-state index contributed by atoms with van der Waals surface area (Å²) in [5.41, 5.74) is 5.52. The Labute approximate surface area is 189 Å². The Balaban J connectivity index is 1.28. The molecule has 0 saturated heterocycles. The van der Waals surface area contributed by atoms with E-state index in [1.165, 1.54) is 5.56 Å². The van der Waals surface area contributed by atoms with Gasteiger partial charge in [0.15, 0.2) is 11.5 Å². The molecule has 4 aromatic carbocycles. The molecule has 1 aliphatic rings. The van der Waals surface area contributed by atoms with Crippen molar-refractivity contribution in [2.45, 2.75) is 6.42 Å². The van der Waals surface area contributed by atoms with Gasteiger partial charge in [0.2, 0.25) is 0 Å². The molecule has 4 aromatic rings. The monoisotopic (exact) mass is 416 g/mol. The molecule has 3 heteroatoms. The van der Waals surface area contributed by atoms with Crippen LogP contribution in [0.25, 0.3) is 6.08 Å². The highest BCUT2D eigenvalue weighted by molar-refractivity contribution is 5.86. The van der Waals surface area contributed by atoms with Gasteiger partial charge in [0, 0.05) is 18.4 Å². The van der Waals surface area contributed by atoms with Gasteiger partial charge in [-0.3, -0.25) is 4.99 Å². The average molecular weight is 417 g/mol. The van der Waals surface area contributed by atoms with E-state index < -0.39 is 0 Å². The third kappa shape index (κ3) is 4.33. The van der Waals surface area contributed by atoms with E-state index in [0.29, 0.717) is 0 Å². The molecular formula is C29H24N2O. The SMILES string of the molecule is C(=C\c1ccc(N2c3ccccc3Oc3ccccc32)cc1)/CC/N=C/c1ccccc1. The van der Waals surface area contributed by atoms with Crippen molar-refractivity contribution in [2.75, 3.05) is 11.4 Å². The number of hydrogen-bond acceptors (Lipinski definition) is 3. The summed E-state index contributed by atoms with van der Waals surface area (Å²) in [5, 5.41) is 0. The lowest BCUT2D eigenvalue weighted by Crippen LogP contribution is -2.15. The molecule has 0 aromatic heterocycles. The smallest absolute Gasteiger partial charge is 0.151 e. The van der Waals surface area contributed by atoms with Crippen LogP contribution in [0.5, 0.6) is 11.5 Å². The number of ether oxygens (including phenoxy) is 1. The lowest BCUT2D eigenvalue weighted by molar-refractivity contribution is 0.477. The first kappa shape index (κ1) is 19.8. The lowest BCUT2D eigenvalue weighted by Gasteiger charge is -2.32. The number of aliphatic imine (C=N–C) groups is 1. The fourth-order valence-corrected chi connectivity index (χ4v) is 3.79. The second-order valence-electron chi connectivity index (χ2n) is 7.60. The first-order valence-corrected chi connectivity index (χ1v) is 10.9. The highest BCUT2D eigenvalue weighted by Gasteiger charge is 2.24. The molecule has 1 aliphatic heterocycles. The van der Waals surface area contributed by atoms with Crippen LogP contribution in [-0.2, 0) is 0 Å². The molecule has 0 radical (unpaired) electrons. The van der Waals surface area contributed by atoms with Crippen LogP contribution in [0, 0.1) is 0 Å². The van der Waals surface area contributed by atoms with Gasteiger partial charge >= 0.3 is 0 Å². The minimum absolute atomic E-state index is 0.783. The van der Waals surface area contributed by atoms with Gasteiger partial charge in [0.1, 0.15) is 0 Å². The fraction of sp³-hybridized carbons (Fsp3) is 0.0690. The number of anilines is 3. The van der Waals surface area contributed by atoms with Gasteiger partial charge in [-0.2, -0.15) is 0 Å². The summed E-state index contributed by atoms with van der Waals surface area (Å²) < 4.78 is 6.10. The molecule has 32 heavy (non-hydrogen) atoms. The van der Waals surface area contributed by atoms with Gasteiger partial charge in [-0.05, 0) is 53.9 Å². The summed E-state index contributed by atoms with van der Waals surface area (Å²) >= 11 is 0. The molecule has 156 valence electrons. The van der Waals surface area contributed by atoms with Gasteiger partial charge < -0.3 is 9.64 Å². The molecule has 0 N–H and O–H groups in total. The van der Waals surface area contributed by atoms with E-state index in [9.17, 15) is 0 Å². The Morgan fingerprint density at radius 3 is 1.97 bits per heavy atom. The number of rotatable bonds is 6. The van der Waals surface area contributed by atoms with E-state index >= 15 is 0 Å². The molecule has 0 bridgehead atoms. The van der Waals surface area contributed by atoms with Crippen LogP contribution in [-0.4, -0.2) is 12.8 Å². The summed E-state index contributed by atoms with van der Waals surface area (Å²) in [4.78, 5) is 6.75. The van der Waals surface area contributed by atoms with Crippen LogP contribution in [0.4, 0.5) is 17.1 Å². The van der Waals surface area contributed by atoms with Crippen molar-refractivity contribution < 1.29 is 4.74 Å². The standard InChI is InChI=1S/C29H24N2O/c1-2-11-24(12-3-1)22-30-21-9-8-10-23-17-19-25(20-18-23)31-26-13-4-6-15-28(26)32-29-16-7-5-14-27(29)31/h1-8,10-20,22H,9,21H2/b10-8+,30-22+. The molecule has 0 fully saturated rings. The minimum atomic E-state index is 0.783. The van der Waals surface area contributed by atoms with Crippen LogP contribution < -0.4 is 9.64 Å². The second kappa shape index (κ2) is 9.36. The van der Waals surface area contributed by atoms with E-state index in [2.05, 4.69) is 70.6 Å². The predicted molar refractivity (Wildman–Crippen MR) is 134 cm³/mol. The Morgan fingerprint density at radius 2 is 1.28 bits per heavy atom. The summed E-state index contributed by atoms with van der Waals surface area (Å²) in [6.07, 6.45) is 7.18. The van der Waals surface area contributed by atoms with E-state index in [0.717, 1.165) is 47.1 Å². The normalized spacial score (nSPS) is 12.6. The number of hydrogen-bond donors (Lipinski definition) is 0. The molecular weight excluding hydrogens is 392 g/mol. The summed E-state index contributed by atoms with van der Waals surface area (Å²) in [6, 6.07) is 35.1. The van der Waals surface area contributed by atoms with Crippen molar-refractivity contribution in [1.82, 2.24) is 0 Å². The first-order chi connectivity index (χ1) is 15.9. The fourth-order valence-electron chi connectivity index (χ4n) is 3.79. The molecule has 1 heterocycles. The number of fused-ring (bicyclic) bond motifs is 2. The average Bonchev–Trinajstić information content (AvgIpc) is 2.86. The minimum Gasteiger partial charge on any atom is -0.453 e. The Hall–Kier alpha value is -4.11. The zero-order chi connectivity index (χ0) is 21.6. The van der Waals surface area contributed by atoms with E-state index in [-0.39, 0.29) is 0 Å². The molecule has 0 amide bonds. The van der Waals surface area contributed by atoms with Gasteiger partial charge in [-0.1, -0.05) is 78.9 Å². The third-order valence-electron chi connectivity index (χ3n) is 5.36.